The van der Waals surface area contributed by atoms with Crippen molar-refractivity contribution in [3.8, 4) is 0 Å². The third-order valence-electron chi connectivity index (χ3n) is 4.78. The van der Waals surface area contributed by atoms with Gasteiger partial charge in [-0.3, -0.25) is 14.6 Å². The number of amides is 2. The fraction of sp³-hybridized carbons (Fsp3) is 0.350. The molecule has 1 aromatic heterocycles. The molecule has 0 aliphatic heterocycles. The third kappa shape index (κ3) is 5.05. The number of nitrogens with one attached hydrogen (secondary N) is 2. The van der Waals surface area contributed by atoms with E-state index in [0.29, 0.717) is 17.3 Å². The van der Waals surface area contributed by atoms with Crippen molar-refractivity contribution in [2.45, 2.75) is 32.2 Å². The Labute approximate surface area is 158 Å². The van der Waals surface area contributed by atoms with Crippen LogP contribution in [0.1, 0.15) is 31.2 Å². The average Bonchev–Trinajstić information content (AvgIpc) is 2.67. The number of hydrogen-bond donors (Lipinski definition) is 2. The Balaban J connectivity index is 1.44. The summed E-state index contributed by atoms with van der Waals surface area (Å²) in [6.45, 7) is 0.510. The molecule has 2 N–H and O–H groups in total. The van der Waals surface area contributed by atoms with Gasteiger partial charge in [0.25, 0.3) is 0 Å². The highest BCUT2D eigenvalue weighted by atomic mass is 35.5. The van der Waals surface area contributed by atoms with Crippen molar-refractivity contribution in [2.24, 2.45) is 11.8 Å². The molecule has 0 spiro atoms. The van der Waals surface area contributed by atoms with E-state index in [2.05, 4.69) is 15.6 Å². The zero-order chi connectivity index (χ0) is 18.4. The topological polar surface area (TPSA) is 71.1 Å². The number of anilines is 1. The zero-order valence-corrected chi connectivity index (χ0v) is 15.2. The van der Waals surface area contributed by atoms with Gasteiger partial charge < -0.3 is 10.6 Å². The number of carbonyl (C=O) groups is 2. The maximum absolute atomic E-state index is 12.4. The van der Waals surface area contributed by atoms with Gasteiger partial charge in [0.05, 0.1) is 0 Å². The van der Waals surface area contributed by atoms with E-state index in [1.165, 1.54) is 0 Å². The molecule has 0 bridgehead atoms. The molecule has 5 nitrogen and oxygen atoms in total. The second-order valence-corrected chi connectivity index (χ2v) is 7.06. The van der Waals surface area contributed by atoms with E-state index >= 15 is 0 Å². The summed E-state index contributed by atoms with van der Waals surface area (Å²) in [7, 11) is 0. The molecule has 1 aliphatic carbocycles. The predicted octanol–water partition coefficient (Wildman–Crippen LogP) is 3.80. The molecule has 0 radical (unpaired) electrons. The number of carbonyl (C=O) groups excluding carboxylic acids is 2. The molecule has 0 saturated heterocycles. The quantitative estimate of drug-likeness (QED) is 0.839. The first-order valence-corrected chi connectivity index (χ1v) is 9.22. The van der Waals surface area contributed by atoms with Crippen molar-refractivity contribution in [2.75, 3.05) is 5.32 Å². The second-order valence-electron chi connectivity index (χ2n) is 6.62. The summed E-state index contributed by atoms with van der Waals surface area (Å²) in [5, 5.41) is 6.48. The molecule has 1 aromatic carbocycles. The molecule has 26 heavy (non-hydrogen) atoms. The van der Waals surface area contributed by atoms with Crippen LogP contribution in [-0.2, 0) is 16.1 Å². The van der Waals surface area contributed by atoms with Gasteiger partial charge in [0.2, 0.25) is 11.8 Å². The maximum atomic E-state index is 12.4. The van der Waals surface area contributed by atoms with E-state index in [0.717, 1.165) is 31.2 Å². The van der Waals surface area contributed by atoms with Gasteiger partial charge in [0, 0.05) is 41.5 Å². The van der Waals surface area contributed by atoms with Crippen molar-refractivity contribution in [3.63, 3.8) is 0 Å². The Bertz CT molecular complexity index is 759. The van der Waals surface area contributed by atoms with Crippen LogP contribution < -0.4 is 10.6 Å². The van der Waals surface area contributed by atoms with E-state index < -0.39 is 0 Å². The first-order valence-electron chi connectivity index (χ1n) is 8.85. The van der Waals surface area contributed by atoms with Gasteiger partial charge in [-0.15, -0.1) is 0 Å². The molecule has 0 unspecified atom stereocenters. The lowest BCUT2D eigenvalue weighted by Crippen LogP contribution is -2.35. The zero-order valence-electron chi connectivity index (χ0n) is 14.5. The van der Waals surface area contributed by atoms with Crippen LogP contribution >= 0.6 is 11.6 Å². The van der Waals surface area contributed by atoms with E-state index in [9.17, 15) is 9.59 Å². The van der Waals surface area contributed by atoms with Gasteiger partial charge in [-0.05, 0) is 61.6 Å². The van der Waals surface area contributed by atoms with Gasteiger partial charge in [-0.1, -0.05) is 17.7 Å². The van der Waals surface area contributed by atoms with Crippen LogP contribution in [0.15, 0.2) is 48.8 Å². The number of rotatable bonds is 5. The normalized spacial score (nSPS) is 19.6. The van der Waals surface area contributed by atoms with Crippen molar-refractivity contribution in [1.82, 2.24) is 10.3 Å². The van der Waals surface area contributed by atoms with Crippen LogP contribution in [-0.4, -0.2) is 16.8 Å². The maximum Gasteiger partial charge on any atom is 0.227 e. The lowest BCUT2D eigenvalue weighted by Gasteiger charge is -2.27. The SMILES string of the molecule is O=C(NCc1ccncc1)C1CCC(C(=O)Nc2cccc(Cl)c2)CC1. The fourth-order valence-electron chi connectivity index (χ4n) is 3.26. The largest absolute Gasteiger partial charge is 0.352 e. The molecule has 2 amide bonds. The average molecular weight is 372 g/mol. The number of pyridine rings is 1. The number of hydrogen-bond acceptors (Lipinski definition) is 3. The van der Waals surface area contributed by atoms with E-state index in [4.69, 9.17) is 11.6 Å². The van der Waals surface area contributed by atoms with Crippen molar-refractivity contribution in [3.05, 3.63) is 59.4 Å². The van der Waals surface area contributed by atoms with Gasteiger partial charge in [0.15, 0.2) is 0 Å². The highest BCUT2D eigenvalue weighted by Gasteiger charge is 2.29. The van der Waals surface area contributed by atoms with Crippen LogP contribution in [0.3, 0.4) is 0 Å². The molecular formula is C20H22ClN3O2. The summed E-state index contributed by atoms with van der Waals surface area (Å²) in [6.07, 6.45) is 6.33. The van der Waals surface area contributed by atoms with Gasteiger partial charge in [-0.2, -0.15) is 0 Å². The lowest BCUT2D eigenvalue weighted by molar-refractivity contribution is -0.128. The second kappa shape index (κ2) is 8.81. The molecule has 1 aliphatic rings. The number of nitrogens with zero attached hydrogens (tertiary/aromatic N) is 1. The molecule has 1 saturated carbocycles. The predicted molar refractivity (Wildman–Crippen MR) is 102 cm³/mol. The van der Waals surface area contributed by atoms with Crippen molar-refractivity contribution < 1.29 is 9.59 Å². The monoisotopic (exact) mass is 371 g/mol. The summed E-state index contributed by atoms with van der Waals surface area (Å²) in [6, 6.07) is 10.9. The van der Waals surface area contributed by atoms with E-state index in [1.807, 2.05) is 24.3 Å². The van der Waals surface area contributed by atoms with Gasteiger partial charge >= 0.3 is 0 Å². The van der Waals surface area contributed by atoms with Crippen LogP contribution in [0, 0.1) is 11.8 Å². The molecule has 6 heteroatoms. The first kappa shape index (κ1) is 18.4. The van der Waals surface area contributed by atoms with Gasteiger partial charge in [-0.25, -0.2) is 0 Å². The van der Waals surface area contributed by atoms with Gasteiger partial charge in [0.1, 0.15) is 0 Å². The first-order chi connectivity index (χ1) is 12.6. The summed E-state index contributed by atoms with van der Waals surface area (Å²) in [4.78, 5) is 28.7. The molecule has 3 rings (SSSR count). The van der Waals surface area contributed by atoms with Crippen LogP contribution in [0.2, 0.25) is 5.02 Å². The van der Waals surface area contributed by atoms with E-state index in [-0.39, 0.29) is 23.7 Å². The third-order valence-corrected chi connectivity index (χ3v) is 5.01. The summed E-state index contributed by atoms with van der Waals surface area (Å²) in [5.74, 6) is -0.0105. The minimum Gasteiger partial charge on any atom is -0.352 e. The molecule has 0 atom stereocenters. The minimum absolute atomic E-state index is 0.00269. The Kier molecular flexibility index (Phi) is 6.23. The number of aromatic nitrogens is 1. The minimum atomic E-state index is -0.0572. The lowest BCUT2D eigenvalue weighted by atomic mass is 9.81. The molecule has 2 aromatic rings. The Morgan fingerprint density at radius 3 is 2.31 bits per heavy atom. The summed E-state index contributed by atoms with van der Waals surface area (Å²) >= 11 is 5.94. The fourth-order valence-corrected chi connectivity index (χ4v) is 3.45. The van der Waals surface area contributed by atoms with Crippen LogP contribution in [0.5, 0.6) is 0 Å². The molecule has 1 fully saturated rings. The Morgan fingerprint density at radius 2 is 1.65 bits per heavy atom. The molecule has 1 heterocycles. The summed E-state index contributed by atoms with van der Waals surface area (Å²) in [5.41, 5.74) is 1.74. The smallest absolute Gasteiger partial charge is 0.227 e. The molecular weight excluding hydrogens is 350 g/mol. The molecule has 136 valence electrons. The Hall–Kier alpha value is -2.40. The highest BCUT2D eigenvalue weighted by molar-refractivity contribution is 6.30. The van der Waals surface area contributed by atoms with Crippen molar-refractivity contribution in [1.29, 1.82) is 0 Å². The van der Waals surface area contributed by atoms with Crippen molar-refractivity contribution >= 4 is 29.1 Å². The van der Waals surface area contributed by atoms with Crippen LogP contribution in [0.4, 0.5) is 5.69 Å². The summed E-state index contributed by atoms with van der Waals surface area (Å²) < 4.78 is 0. The Morgan fingerprint density at radius 1 is 1.00 bits per heavy atom. The van der Waals surface area contributed by atoms with Crippen LogP contribution in [0.25, 0.3) is 0 Å². The van der Waals surface area contributed by atoms with E-state index in [1.54, 1.807) is 24.5 Å². The standard InChI is InChI=1S/C20H22ClN3O2/c21-17-2-1-3-18(12-17)24-20(26)16-6-4-15(5-7-16)19(25)23-13-14-8-10-22-11-9-14/h1-3,8-12,15-16H,4-7,13H2,(H,23,25)(H,24,26). The number of benzene rings is 1. The highest BCUT2D eigenvalue weighted by Crippen LogP contribution is 2.30. The number of halogens is 1.